The maximum Gasteiger partial charge on any atom is 0.244 e. The van der Waals surface area contributed by atoms with Crippen molar-refractivity contribution >= 4 is 17.9 Å². The number of carbonyl (C=O) groups excluding carboxylic acids is 2. The fourth-order valence-corrected chi connectivity index (χ4v) is 5.35. The van der Waals surface area contributed by atoms with Crippen LogP contribution in [0.15, 0.2) is 84.9 Å². The van der Waals surface area contributed by atoms with Gasteiger partial charge in [0.05, 0.1) is 14.2 Å². The standard InChI is InChI=1S/C36H36N2O8/c1-44-30-21-25(8-13-29(30)41)34-33(36(43)38-18-16-23-5-11-27(40)12-6-23)28-19-24(20-31(45-2)35(28)46-34)7-14-32(42)37-17-15-22-3-9-26(39)10-4-22/h3-14,19-21,33-34,39-41H,15-18H2,1-2H3,(H,37,42)(H,38,43)/b14-7+/t33-,34+/m1/s1. The summed E-state index contributed by atoms with van der Waals surface area (Å²) < 4.78 is 17.3. The number of carbonyl (C=O) groups is 2. The lowest BCUT2D eigenvalue weighted by atomic mass is 9.89. The Balaban J connectivity index is 1.37. The molecule has 4 aromatic carbocycles. The number of hydrogen-bond donors (Lipinski definition) is 5. The number of aromatic hydroxyl groups is 3. The predicted molar refractivity (Wildman–Crippen MR) is 172 cm³/mol. The fourth-order valence-electron chi connectivity index (χ4n) is 5.35. The van der Waals surface area contributed by atoms with Crippen LogP contribution in [-0.2, 0) is 22.4 Å². The molecule has 46 heavy (non-hydrogen) atoms. The second-order valence-corrected chi connectivity index (χ2v) is 10.8. The number of methoxy groups -OCH3 is 2. The lowest BCUT2D eigenvalue weighted by molar-refractivity contribution is -0.124. The second kappa shape index (κ2) is 14.4. The van der Waals surface area contributed by atoms with Gasteiger partial charge in [0.1, 0.15) is 23.5 Å². The van der Waals surface area contributed by atoms with Gasteiger partial charge in [-0.05, 0) is 89.7 Å². The number of ether oxygens (including phenoxy) is 3. The van der Waals surface area contributed by atoms with E-state index < -0.39 is 12.0 Å². The molecule has 0 aromatic heterocycles. The van der Waals surface area contributed by atoms with Crippen LogP contribution in [0.1, 0.15) is 39.8 Å². The van der Waals surface area contributed by atoms with Gasteiger partial charge in [0.15, 0.2) is 23.0 Å². The SMILES string of the molecule is COc1cc([C@@H]2Oc3c(OC)cc(/C=C/C(=O)NCCc4ccc(O)cc4)cc3[C@H]2C(=O)NCCc2ccc(O)cc2)ccc1O. The Bertz CT molecular complexity index is 1720. The van der Waals surface area contributed by atoms with Crippen molar-refractivity contribution in [2.24, 2.45) is 0 Å². The minimum Gasteiger partial charge on any atom is -0.508 e. The highest BCUT2D eigenvalue weighted by Gasteiger charge is 2.42. The van der Waals surface area contributed by atoms with Gasteiger partial charge in [-0.15, -0.1) is 0 Å². The topological polar surface area (TPSA) is 147 Å². The van der Waals surface area contributed by atoms with Gasteiger partial charge < -0.3 is 40.2 Å². The molecule has 0 aliphatic carbocycles. The molecule has 0 saturated carbocycles. The maximum absolute atomic E-state index is 13.8. The third-order valence-electron chi connectivity index (χ3n) is 7.75. The highest BCUT2D eigenvalue weighted by atomic mass is 16.5. The molecule has 4 aromatic rings. The third-order valence-corrected chi connectivity index (χ3v) is 7.75. The summed E-state index contributed by atoms with van der Waals surface area (Å²) in [5, 5.41) is 35.1. The lowest BCUT2D eigenvalue weighted by Gasteiger charge is -2.20. The molecule has 0 bridgehead atoms. The van der Waals surface area contributed by atoms with Crippen LogP contribution in [0.4, 0.5) is 0 Å². The van der Waals surface area contributed by atoms with E-state index in [-0.39, 0.29) is 34.8 Å². The molecule has 0 unspecified atom stereocenters. The smallest absolute Gasteiger partial charge is 0.244 e. The summed E-state index contributed by atoms with van der Waals surface area (Å²) in [6, 6.07) is 22.0. The summed E-state index contributed by atoms with van der Waals surface area (Å²) in [7, 11) is 2.95. The van der Waals surface area contributed by atoms with Crippen LogP contribution in [0.25, 0.3) is 6.08 Å². The van der Waals surface area contributed by atoms with Gasteiger partial charge in [0.2, 0.25) is 11.8 Å². The minimum atomic E-state index is -0.787. The predicted octanol–water partition coefficient (Wildman–Crippen LogP) is 4.77. The van der Waals surface area contributed by atoms with Crippen LogP contribution < -0.4 is 24.8 Å². The molecule has 5 N–H and O–H groups in total. The zero-order chi connectivity index (χ0) is 32.6. The van der Waals surface area contributed by atoms with Crippen LogP contribution >= 0.6 is 0 Å². The molecule has 1 aliphatic rings. The monoisotopic (exact) mass is 624 g/mol. The van der Waals surface area contributed by atoms with Gasteiger partial charge in [-0.25, -0.2) is 0 Å². The van der Waals surface area contributed by atoms with E-state index in [0.29, 0.717) is 54.1 Å². The fraction of sp³-hybridized carbons (Fsp3) is 0.222. The molecule has 2 atom stereocenters. The summed E-state index contributed by atoms with van der Waals surface area (Å²) in [4.78, 5) is 26.4. The van der Waals surface area contributed by atoms with Crippen molar-refractivity contribution in [1.82, 2.24) is 10.6 Å². The van der Waals surface area contributed by atoms with Gasteiger partial charge in [0.25, 0.3) is 0 Å². The van der Waals surface area contributed by atoms with E-state index in [1.165, 1.54) is 26.4 Å². The lowest BCUT2D eigenvalue weighted by Crippen LogP contribution is -2.33. The summed E-state index contributed by atoms with van der Waals surface area (Å²) >= 11 is 0. The summed E-state index contributed by atoms with van der Waals surface area (Å²) in [6.45, 7) is 0.765. The number of benzene rings is 4. The number of hydrogen-bond acceptors (Lipinski definition) is 8. The van der Waals surface area contributed by atoms with E-state index >= 15 is 0 Å². The van der Waals surface area contributed by atoms with Crippen LogP contribution in [-0.4, -0.2) is 54.4 Å². The molecule has 0 fully saturated rings. The van der Waals surface area contributed by atoms with Crippen molar-refractivity contribution in [2.45, 2.75) is 24.9 Å². The first-order valence-corrected chi connectivity index (χ1v) is 14.8. The number of phenolic OH excluding ortho intramolecular Hbond substituents is 3. The van der Waals surface area contributed by atoms with Crippen LogP contribution in [0.2, 0.25) is 0 Å². The number of fused-ring (bicyclic) bond motifs is 1. The zero-order valence-corrected chi connectivity index (χ0v) is 25.5. The average molecular weight is 625 g/mol. The molecule has 0 spiro atoms. The molecule has 0 saturated heterocycles. The molecule has 0 radical (unpaired) electrons. The highest BCUT2D eigenvalue weighted by Crippen LogP contribution is 2.51. The summed E-state index contributed by atoms with van der Waals surface area (Å²) in [5.74, 6) is 0.0356. The van der Waals surface area contributed by atoms with Crippen LogP contribution in [0.5, 0.6) is 34.5 Å². The Kier molecular flexibility index (Phi) is 9.97. The largest absolute Gasteiger partial charge is 0.508 e. The van der Waals surface area contributed by atoms with Gasteiger partial charge in [-0.3, -0.25) is 9.59 Å². The normalized spacial score (nSPS) is 15.2. The molecular formula is C36H36N2O8. The zero-order valence-electron chi connectivity index (χ0n) is 25.5. The van der Waals surface area contributed by atoms with Crippen LogP contribution in [0, 0.1) is 0 Å². The number of amides is 2. The van der Waals surface area contributed by atoms with Crippen molar-refractivity contribution in [3.05, 3.63) is 113 Å². The van der Waals surface area contributed by atoms with Gasteiger partial charge in [-0.1, -0.05) is 30.3 Å². The second-order valence-electron chi connectivity index (χ2n) is 10.8. The maximum atomic E-state index is 13.8. The van der Waals surface area contributed by atoms with Crippen molar-refractivity contribution in [1.29, 1.82) is 0 Å². The first-order valence-electron chi connectivity index (χ1n) is 14.8. The number of rotatable bonds is 12. The van der Waals surface area contributed by atoms with E-state index in [0.717, 1.165) is 11.1 Å². The number of phenols is 3. The molecule has 5 rings (SSSR count). The molecule has 10 heteroatoms. The molecule has 2 amide bonds. The molecule has 1 heterocycles. The van der Waals surface area contributed by atoms with Gasteiger partial charge in [0, 0.05) is 24.7 Å². The van der Waals surface area contributed by atoms with Crippen LogP contribution in [0.3, 0.4) is 0 Å². The molecule has 10 nitrogen and oxygen atoms in total. The average Bonchev–Trinajstić information content (AvgIpc) is 3.45. The highest BCUT2D eigenvalue weighted by molar-refractivity contribution is 5.92. The van der Waals surface area contributed by atoms with E-state index in [1.807, 2.05) is 0 Å². The Hall–Kier alpha value is -5.64. The first-order chi connectivity index (χ1) is 22.2. The van der Waals surface area contributed by atoms with Gasteiger partial charge >= 0.3 is 0 Å². The van der Waals surface area contributed by atoms with E-state index in [2.05, 4.69) is 10.6 Å². The molecular weight excluding hydrogens is 588 g/mol. The van der Waals surface area contributed by atoms with Crippen molar-refractivity contribution in [2.75, 3.05) is 27.3 Å². The Morgan fingerprint density at radius 2 is 1.39 bits per heavy atom. The van der Waals surface area contributed by atoms with Crippen molar-refractivity contribution < 1.29 is 39.1 Å². The quantitative estimate of drug-likeness (QED) is 0.142. The van der Waals surface area contributed by atoms with E-state index in [9.17, 15) is 24.9 Å². The minimum absolute atomic E-state index is 0.0389. The van der Waals surface area contributed by atoms with E-state index in [1.54, 1.807) is 78.9 Å². The van der Waals surface area contributed by atoms with Crippen molar-refractivity contribution in [3.63, 3.8) is 0 Å². The summed E-state index contributed by atoms with van der Waals surface area (Å²) in [5.41, 5.74) is 3.79. The first kappa shape index (κ1) is 31.8. The molecule has 238 valence electrons. The summed E-state index contributed by atoms with van der Waals surface area (Å²) in [6.07, 6.45) is 3.47. The van der Waals surface area contributed by atoms with Gasteiger partial charge in [-0.2, -0.15) is 0 Å². The van der Waals surface area contributed by atoms with Crippen molar-refractivity contribution in [3.8, 4) is 34.5 Å². The Morgan fingerprint density at radius 3 is 2.00 bits per heavy atom. The third kappa shape index (κ3) is 7.52. The molecule has 1 aliphatic heterocycles. The Labute approximate surface area is 266 Å². The Morgan fingerprint density at radius 1 is 0.783 bits per heavy atom. The number of nitrogens with one attached hydrogen (secondary N) is 2. The van der Waals surface area contributed by atoms with E-state index in [4.69, 9.17) is 14.2 Å².